The number of carboxylic acid groups (broad SMARTS) is 1. The molecule has 0 unspecified atom stereocenters. The van der Waals surface area contributed by atoms with Crippen molar-refractivity contribution in [1.29, 1.82) is 0 Å². The van der Waals surface area contributed by atoms with E-state index in [0.717, 1.165) is 36.8 Å². The van der Waals surface area contributed by atoms with Crippen LogP contribution in [0.4, 0.5) is 10.1 Å². The first-order chi connectivity index (χ1) is 19.9. The molecule has 0 amide bonds. The van der Waals surface area contributed by atoms with Gasteiger partial charge in [0.1, 0.15) is 11.9 Å². The molecule has 0 spiro atoms. The zero-order chi connectivity index (χ0) is 28.8. The third kappa shape index (κ3) is 7.02. The van der Waals surface area contributed by atoms with Crippen LogP contribution in [-0.4, -0.2) is 22.1 Å². The van der Waals surface area contributed by atoms with Crippen molar-refractivity contribution in [2.24, 2.45) is 11.8 Å². The normalized spacial score (nSPS) is 16.7. The second kappa shape index (κ2) is 13.1. The largest absolute Gasteiger partial charge is 0.483 e. The predicted molar refractivity (Wildman–Crippen MR) is 158 cm³/mol. The van der Waals surface area contributed by atoms with Gasteiger partial charge in [-0.25, -0.2) is 9.18 Å². The lowest BCUT2D eigenvalue weighted by Crippen LogP contribution is -2.37. The van der Waals surface area contributed by atoms with Crippen LogP contribution >= 0.6 is 0 Å². The quantitative estimate of drug-likeness (QED) is 0.161. The van der Waals surface area contributed by atoms with E-state index >= 15 is 0 Å². The molecule has 0 radical (unpaired) electrons. The molecule has 0 heterocycles. The fraction of sp³-hybridized carbons (Fsp3) is 0.382. The Bertz CT molecular complexity index is 1390. The van der Waals surface area contributed by atoms with Crippen LogP contribution in [0.3, 0.4) is 0 Å². The van der Waals surface area contributed by atoms with E-state index in [4.69, 9.17) is 4.74 Å². The van der Waals surface area contributed by atoms with Gasteiger partial charge in [0.05, 0.1) is 10.5 Å². The second-order valence-corrected chi connectivity index (χ2v) is 11.3. The fourth-order valence-corrected chi connectivity index (χ4v) is 6.43. The zero-order valence-electron chi connectivity index (χ0n) is 23.1. The lowest BCUT2D eigenvalue weighted by Gasteiger charge is -2.37. The van der Waals surface area contributed by atoms with E-state index in [-0.39, 0.29) is 23.2 Å². The molecule has 6 nitrogen and oxygen atoms in total. The molecule has 3 aromatic carbocycles. The van der Waals surface area contributed by atoms with Crippen LogP contribution in [0.5, 0.6) is 5.75 Å². The molecule has 0 atom stereocenters. The first-order valence-corrected chi connectivity index (χ1v) is 14.7. The molecule has 214 valence electrons. The van der Waals surface area contributed by atoms with Gasteiger partial charge in [0.15, 0.2) is 5.75 Å². The number of carboxylic acids is 1. The van der Waals surface area contributed by atoms with Crippen molar-refractivity contribution in [1.82, 2.24) is 0 Å². The number of benzene rings is 3. The first kappa shape index (κ1) is 28.5. The van der Waals surface area contributed by atoms with Crippen LogP contribution in [-0.2, 0) is 0 Å². The van der Waals surface area contributed by atoms with Gasteiger partial charge in [-0.05, 0) is 90.1 Å². The van der Waals surface area contributed by atoms with Crippen molar-refractivity contribution in [3.05, 3.63) is 93.3 Å². The van der Waals surface area contributed by atoms with Crippen molar-refractivity contribution in [3.8, 4) is 16.9 Å². The van der Waals surface area contributed by atoms with E-state index in [0.29, 0.717) is 28.7 Å². The summed E-state index contributed by atoms with van der Waals surface area (Å²) in [5.74, 6) is -0.282. The minimum Gasteiger partial charge on any atom is -0.483 e. The third-order valence-electron chi connectivity index (χ3n) is 8.59. The summed E-state index contributed by atoms with van der Waals surface area (Å²) in [6.07, 6.45) is 15.0. The minimum absolute atomic E-state index is 0.0111. The third-order valence-corrected chi connectivity index (χ3v) is 8.59. The van der Waals surface area contributed by atoms with Crippen LogP contribution in [0.2, 0.25) is 0 Å². The molecule has 2 fully saturated rings. The molecule has 0 aliphatic heterocycles. The minimum atomic E-state index is -1.08. The van der Waals surface area contributed by atoms with Gasteiger partial charge in [-0.15, -0.1) is 0 Å². The molecule has 0 bridgehead atoms. The molecular formula is C34H36FNO5. The summed E-state index contributed by atoms with van der Waals surface area (Å²) in [7, 11) is 0. The Kier molecular flexibility index (Phi) is 9.12. The van der Waals surface area contributed by atoms with Gasteiger partial charge in [-0.2, -0.15) is 0 Å². The van der Waals surface area contributed by atoms with Crippen LogP contribution in [0, 0.1) is 27.8 Å². The summed E-state index contributed by atoms with van der Waals surface area (Å²) in [6, 6.07) is 15.8. The monoisotopic (exact) mass is 557 g/mol. The van der Waals surface area contributed by atoms with Gasteiger partial charge in [0.2, 0.25) is 0 Å². The molecule has 7 heteroatoms. The van der Waals surface area contributed by atoms with E-state index in [1.807, 2.05) is 0 Å². The van der Waals surface area contributed by atoms with E-state index in [2.05, 4.69) is 0 Å². The van der Waals surface area contributed by atoms with Crippen molar-refractivity contribution >= 4 is 23.8 Å². The summed E-state index contributed by atoms with van der Waals surface area (Å²) in [6.45, 7) is 0. The number of nitro groups is 1. The molecule has 0 saturated heterocycles. The average molecular weight is 558 g/mol. The standard InChI is InChI=1S/C34H36FNO5/c35-29-17-14-24(15-18-29)27-16-19-30(34(37)38)28(22-27)13-11-23-12-20-32(31(21-23)36(39)40)41-33(25-7-3-1-4-8-25)26-9-5-2-6-10-26/h11-22,25-26,33H,1-10H2,(H,37,38)/b13-11+. The van der Waals surface area contributed by atoms with Gasteiger partial charge < -0.3 is 9.84 Å². The first-order valence-electron chi connectivity index (χ1n) is 14.7. The van der Waals surface area contributed by atoms with Crippen LogP contribution < -0.4 is 4.74 Å². The highest BCUT2D eigenvalue weighted by Crippen LogP contribution is 2.40. The number of rotatable bonds is 9. The molecule has 2 aliphatic carbocycles. The molecule has 41 heavy (non-hydrogen) atoms. The molecular weight excluding hydrogens is 521 g/mol. The Morgan fingerprint density at radius 1 is 0.854 bits per heavy atom. The lowest BCUT2D eigenvalue weighted by molar-refractivity contribution is -0.386. The average Bonchev–Trinajstić information content (AvgIpc) is 3.00. The molecule has 5 rings (SSSR count). The van der Waals surface area contributed by atoms with Gasteiger partial charge >= 0.3 is 11.7 Å². The van der Waals surface area contributed by atoms with Gasteiger partial charge in [-0.3, -0.25) is 10.1 Å². The molecule has 0 aromatic heterocycles. The summed E-state index contributed by atoms with van der Waals surface area (Å²) in [4.78, 5) is 23.6. The Balaban J connectivity index is 1.42. The molecule has 2 aliphatic rings. The van der Waals surface area contributed by atoms with Crippen molar-refractivity contribution < 1.29 is 24.0 Å². The van der Waals surface area contributed by atoms with E-state index in [9.17, 15) is 24.4 Å². The van der Waals surface area contributed by atoms with Gasteiger partial charge in [-0.1, -0.05) is 74.9 Å². The van der Waals surface area contributed by atoms with E-state index in [1.165, 1.54) is 62.8 Å². The smallest absolute Gasteiger partial charge is 0.336 e. The Labute approximate surface area is 240 Å². The summed E-state index contributed by atoms with van der Waals surface area (Å²) >= 11 is 0. The maximum atomic E-state index is 13.4. The van der Waals surface area contributed by atoms with Crippen LogP contribution in [0.25, 0.3) is 23.3 Å². The van der Waals surface area contributed by atoms with Crippen LogP contribution in [0.15, 0.2) is 60.7 Å². The Hall–Kier alpha value is -4.00. The summed E-state index contributed by atoms with van der Waals surface area (Å²) in [5, 5.41) is 21.9. The SMILES string of the molecule is O=C(O)c1ccc(-c2ccc(F)cc2)cc1/C=C/c1ccc(OC(C2CCCCC2)C2CCCCC2)c([N+](=O)[O-])c1. The second-order valence-electron chi connectivity index (χ2n) is 11.3. The number of hydrogen-bond donors (Lipinski definition) is 1. The highest BCUT2D eigenvalue weighted by molar-refractivity contribution is 5.94. The maximum Gasteiger partial charge on any atom is 0.336 e. The highest BCUT2D eigenvalue weighted by Gasteiger charge is 2.34. The number of nitro benzene ring substituents is 1. The molecule has 2 saturated carbocycles. The molecule has 3 aromatic rings. The van der Waals surface area contributed by atoms with Crippen molar-refractivity contribution in [2.75, 3.05) is 0 Å². The van der Waals surface area contributed by atoms with Crippen molar-refractivity contribution in [2.45, 2.75) is 70.3 Å². The van der Waals surface area contributed by atoms with Gasteiger partial charge in [0, 0.05) is 6.07 Å². The van der Waals surface area contributed by atoms with Crippen LogP contribution in [0.1, 0.15) is 85.7 Å². The number of carbonyl (C=O) groups is 1. The topological polar surface area (TPSA) is 89.7 Å². The highest BCUT2D eigenvalue weighted by atomic mass is 19.1. The van der Waals surface area contributed by atoms with Gasteiger partial charge in [0.25, 0.3) is 0 Å². The van der Waals surface area contributed by atoms with Crippen molar-refractivity contribution in [3.63, 3.8) is 0 Å². The fourth-order valence-electron chi connectivity index (χ4n) is 6.43. The number of aromatic carboxylic acids is 1. The predicted octanol–water partition coefficient (Wildman–Crippen LogP) is 9.18. The summed E-state index contributed by atoms with van der Waals surface area (Å²) < 4.78 is 19.9. The Morgan fingerprint density at radius 3 is 2.05 bits per heavy atom. The number of ether oxygens (including phenoxy) is 1. The zero-order valence-corrected chi connectivity index (χ0v) is 23.1. The number of nitrogens with zero attached hydrogens (tertiary/aromatic N) is 1. The lowest BCUT2D eigenvalue weighted by atomic mass is 9.75. The molecule has 1 N–H and O–H groups in total. The summed E-state index contributed by atoms with van der Waals surface area (Å²) in [5.41, 5.74) is 2.52. The number of halogens is 1. The maximum absolute atomic E-state index is 13.4. The van der Waals surface area contributed by atoms with E-state index in [1.54, 1.807) is 48.6 Å². The van der Waals surface area contributed by atoms with E-state index < -0.39 is 10.9 Å². The Morgan fingerprint density at radius 2 is 1.46 bits per heavy atom. The number of hydrogen-bond acceptors (Lipinski definition) is 4.